The summed E-state index contributed by atoms with van der Waals surface area (Å²) in [5.74, 6) is 1.81. The minimum Gasteiger partial charge on any atom is -0.483 e. The molecule has 5 heteroatoms. The molecule has 0 N–H and O–H groups in total. The first-order chi connectivity index (χ1) is 12.6. The number of benzene rings is 2. The molecule has 0 saturated heterocycles. The van der Waals surface area contributed by atoms with Crippen LogP contribution in [0.15, 0.2) is 68.4 Å². The topological polar surface area (TPSA) is 65.5 Å². The maximum atomic E-state index is 11.7. The fourth-order valence-electron chi connectivity index (χ4n) is 2.91. The summed E-state index contributed by atoms with van der Waals surface area (Å²) in [6.07, 6.45) is 1.68. The van der Waals surface area contributed by atoms with Crippen LogP contribution in [0.5, 0.6) is 5.75 Å². The van der Waals surface area contributed by atoms with Crippen LogP contribution in [0, 0.1) is 13.8 Å². The zero-order valence-corrected chi connectivity index (χ0v) is 14.5. The number of nitrogens with zero attached hydrogens (tertiary/aromatic N) is 1. The third-order valence-electron chi connectivity index (χ3n) is 4.28. The van der Waals surface area contributed by atoms with Crippen molar-refractivity contribution in [3.8, 4) is 17.1 Å². The van der Waals surface area contributed by atoms with Gasteiger partial charge in [-0.3, -0.25) is 0 Å². The van der Waals surface area contributed by atoms with Gasteiger partial charge in [0.15, 0.2) is 12.4 Å². The average molecular weight is 347 g/mol. The summed E-state index contributed by atoms with van der Waals surface area (Å²) in [4.78, 5) is 15.9. The van der Waals surface area contributed by atoms with Crippen LogP contribution >= 0.6 is 0 Å². The van der Waals surface area contributed by atoms with Gasteiger partial charge in [-0.25, -0.2) is 9.78 Å². The summed E-state index contributed by atoms with van der Waals surface area (Å²) in [6.45, 7) is 3.94. The Morgan fingerprint density at radius 3 is 2.65 bits per heavy atom. The fourth-order valence-corrected chi connectivity index (χ4v) is 2.91. The zero-order valence-electron chi connectivity index (χ0n) is 14.5. The van der Waals surface area contributed by atoms with Crippen LogP contribution in [0.1, 0.15) is 17.0 Å². The highest BCUT2D eigenvalue weighted by molar-refractivity contribution is 5.84. The standard InChI is InChI=1S/C21H17NO4/c1-13-10-20(23)26-21-14(2)17(9-8-16(13)21)24-12-19-22-11-18(25-19)15-6-4-3-5-7-15/h3-11H,12H2,1-2H3. The summed E-state index contributed by atoms with van der Waals surface area (Å²) < 4.78 is 16.9. The molecule has 5 nitrogen and oxygen atoms in total. The van der Waals surface area contributed by atoms with Gasteiger partial charge in [-0.15, -0.1) is 0 Å². The molecule has 2 aromatic carbocycles. The largest absolute Gasteiger partial charge is 0.483 e. The Labute approximate surface area is 149 Å². The molecule has 0 unspecified atom stereocenters. The van der Waals surface area contributed by atoms with E-state index >= 15 is 0 Å². The van der Waals surface area contributed by atoms with E-state index < -0.39 is 0 Å². The predicted molar refractivity (Wildman–Crippen MR) is 98.2 cm³/mol. The van der Waals surface area contributed by atoms with Crippen molar-refractivity contribution in [2.75, 3.05) is 0 Å². The Morgan fingerprint density at radius 1 is 1.04 bits per heavy atom. The van der Waals surface area contributed by atoms with Gasteiger partial charge in [0.2, 0.25) is 5.89 Å². The molecular formula is C21H17NO4. The van der Waals surface area contributed by atoms with Gasteiger partial charge < -0.3 is 13.6 Å². The van der Waals surface area contributed by atoms with Gasteiger partial charge in [0, 0.05) is 22.6 Å². The Hall–Kier alpha value is -3.34. The van der Waals surface area contributed by atoms with Crippen molar-refractivity contribution in [3.63, 3.8) is 0 Å². The molecule has 0 saturated carbocycles. The lowest BCUT2D eigenvalue weighted by molar-refractivity contribution is 0.263. The number of rotatable bonds is 4. The lowest BCUT2D eigenvalue weighted by Gasteiger charge is -2.10. The molecule has 0 atom stereocenters. The Morgan fingerprint density at radius 2 is 1.85 bits per heavy atom. The van der Waals surface area contributed by atoms with Crippen molar-refractivity contribution in [3.05, 3.63) is 82.2 Å². The monoisotopic (exact) mass is 347 g/mol. The quantitative estimate of drug-likeness (QED) is 0.503. The minimum atomic E-state index is -0.365. The van der Waals surface area contributed by atoms with Crippen molar-refractivity contribution in [1.82, 2.24) is 4.98 Å². The number of aryl methyl sites for hydroxylation is 2. The Bertz CT molecular complexity index is 1130. The highest BCUT2D eigenvalue weighted by Crippen LogP contribution is 2.29. The van der Waals surface area contributed by atoms with E-state index in [-0.39, 0.29) is 12.2 Å². The van der Waals surface area contributed by atoms with Gasteiger partial charge in [0.1, 0.15) is 11.3 Å². The minimum absolute atomic E-state index is 0.190. The number of fused-ring (bicyclic) bond motifs is 1. The molecule has 0 bridgehead atoms. The summed E-state index contributed by atoms with van der Waals surface area (Å²) in [7, 11) is 0. The third kappa shape index (κ3) is 2.99. The van der Waals surface area contributed by atoms with E-state index in [4.69, 9.17) is 13.6 Å². The van der Waals surface area contributed by atoms with Crippen LogP contribution in [0.25, 0.3) is 22.3 Å². The van der Waals surface area contributed by atoms with Crippen LogP contribution in [0.2, 0.25) is 0 Å². The molecule has 2 aromatic heterocycles. The van der Waals surface area contributed by atoms with Gasteiger partial charge in [-0.1, -0.05) is 30.3 Å². The van der Waals surface area contributed by atoms with Crippen LogP contribution in [-0.2, 0) is 6.61 Å². The summed E-state index contributed by atoms with van der Waals surface area (Å²) >= 11 is 0. The molecule has 2 heterocycles. The van der Waals surface area contributed by atoms with E-state index in [1.807, 2.05) is 56.3 Å². The molecule has 0 radical (unpaired) electrons. The van der Waals surface area contributed by atoms with Gasteiger partial charge >= 0.3 is 5.63 Å². The molecular weight excluding hydrogens is 330 g/mol. The highest BCUT2D eigenvalue weighted by atomic mass is 16.5. The second-order valence-electron chi connectivity index (χ2n) is 6.09. The van der Waals surface area contributed by atoms with Crippen molar-refractivity contribution < 1.29 is 13.6 Å². The normalized spacial score (nSPS) is 11.0. The SMILES string of the molecule is Cc1cc(=O)oc2c(C)c(OCc3ncc(-c4ccccc4)o3)ccc12. The molecule has 4 aromatic rings. The Balaban J connectivity index is 1.58. The van der Waals surface area contributed by atoms with Crippen LogP contribution in [0.3, 0.4) is 0 Å². The van der Waals surface area contributed by atoms with Crippen molar-refractivity contribution >= 4 is 11.0 Å². The van der Waals surface area contributed by atoms with E-state index in [0.717, 1.165) is 22.1 Å². The summed E-state index contributed by atoms with van der Waals surface area (Å²) in [6, 6.07) is 15.0. The molecule has 0 aliphatic carbocycles. The molecule has 130 valence electrons. The van der Waals surface area contributed by atoms with Crippen molar-refractivity contribution in [1.29, 1.82) is 0 Å². The third-order valence-corrected chi connectivity index (χ3v) is 4.28. The van der Waals surface area contributed by atoms with E-state index in [0.29, 0.717) is 23.0 Å². The van der Waals surface area contributed by atoms with Gasteiger partial charge in [-0.2, -0.15) is 0 Å². The summed E-state index contributed by atoms with van der Waals surface area (Å²) in [5.41, 5.74) is 2.80. The smallest absolute Gasteiger partial charge is 0.336 e. The zero-order chi connectivity index (χ0) is 18.1. The number of aromatic nitrogens is 1. The molecule has 26 heavy (non-hydrogen) atoms. The maximum Gasteiger partial charge on any atom is 0.336 e. The van der Waals surface area contributed by atoms with Crippen LogP contribution in [-0.4, -0.2) is 4.98 Å². The lowest BCUT2D eigenvalue weighted by Crippen LogP contribution is -2.01. The van der Waals surface area contributed by atoms with Crippen molar-refractivity contribution in [2.45, 2.75) is 20.5 Å². The number of oxazole rings is 1. The lowest BCUT2D eigenvalue weighted by atomic mass is 10.1. The second kappa shape index (κ2) is 6.52. The fraction of sp³-hybridized carbons (Fsp3) is 0.143. The van der Waals surface area contributed by atoms with E-state index in [1.165, 1.54) is 6.07 Å². The van der Waals surface area contributed by atoms with E-state index in [9.17, 15) is 4.79 Å². The molecule has 0 aliphatic heterocycles. The highest BCUT2D eigenvalue weighted by Gasteiger charge is 2.12. The van der Waals surface area contributed by atoms with E-state index in [2.05, 4.69) is 4.98 Å². The molecule has 0 spiro atoms. The first-order valence-electron chi connectivity index (χ1n) is 8.29. The Kier molecular flexibility index (Phi) is 4.05. The van der Waals surface area contributed by atoms with Gasteiger partial charge in [-0.05, 0) is 31.5 Å². The molecule has 0 amide bonds. The number of hydrogen-bond donors (Lipinski definition) is 0. The van der Waals surface area contributed by atoms with Crippen LogP contribution in [0.4, 0.5) is 0 Å². The van der Waals surface area contributed by atoms with E-state index in [1.54, 1.807) is 6.20 Å². The van der Waals surface area contributed by atoms with Crippen molar-refractivity contribution in [2.24, 2.45) is 0 Å². The first kappa shape index (κ1) is 16.1. The summed E-state index contributed by atoms with van der Waals surface area (Å²) in [5, 5.41) is 0.900. The van der Waals surface area contributed by atoms with Crippen LogP contribution < -0.4 is 10.4 Å². The maximum absolute atomic E-state index is 11.7. The number of hydrogen-bond acceptors (Lipinski definition) is 5. The number of ether oxygens (including phenoxy) is 1. The molecule has 4 rings (SSSR count). The van der Waals surface area contributed by atoms with Gasteiger partial charge in [0.05, 0.1) is 6.20 Å². The second-order valence-corrected chi connectivity index (χ2v) is 6.09. The molecule has 0 aliphatic rings. The first-order valence-corrected chi connectivity index (χ1v) is 8.29. The molecule has 0 fully saturated rings. The average Bonchev–Trinajstić information content (AvgIpc) is 3.11. The van der Waals surface area contributed by atoms with Gasteiger partial charge in [0.25, 0.3) is 0 Å². The predicted octanol–water partition coefficient (Wildman–Crippen LogP) is 4.64.